The van der Waals surface area contributed by atoms with Crippen molar-refractivity contribution in [3.8, 4) is 11.8 Å². The van der Waals surface area contributed by atoms with Gasteiger partial charge in [0.25, 0.3) is 0 Å². The van der Waals surface area contributed by atoms with Gasteiger partial charge in [-0.05, 0) is 38.9 Å². The zero-order valence-corrected chi connectivity index (χ0v) is 11.6. The van der Waals surface area contributed by atoms with E-state index >= 15 is 0 Å². The molecule has 0 bridgehead atoms. The van der Waals surface area contributed by atoms with Crippen LogP contribution in [0.5, 0.6) is 11.8 Å². The molecule has 106 valence electrons. The quantitative estimate of drug-likeness (QED) is 0.851. The largest absolute Gasteiger partial charge is 0.476 e. The fourth-order valence-corrected chi connectivity index (χ4v) is 2.23. The van der Waals surface area contributed by atoms with Crippen molar-refractivity contribution >= 4 is 5.69 Å². The Morgan fingerprint density at radius 1 is 1.21 bits per heavy atom. The Balaban J connectivity index is 1.80. The third kappa shape index (κ3) is 4.28. The first-order chi connectivity index (χ1) is 9.29. The van der Waals surface area contributed by atoms with E-state index in [1.165, 1.54) is 32.4 Å². The maximum absolute atomic E-state index is 5.77. The van der Waals surface area contributed by atoms with E-state index in [-0.39, 0.29) is 0 Å². The molecule has 2 N–H and O–H groups in total. The maximum atomic E-state index is 5.77. The second kappa shape index (κ2) is 7.19. The van der Waals surface area contributed by atoms with Gasteiger partial charge in [-0.3, -0.25) is 4.90 Å². The molecule has 0 spiro atoms. The number of hydrogen-bond donors (Lipinski definition) is 1. The van der Waals surface area contributed by atoms with E-state index in [2.05, 4.69) is 9.88 Å². The summed E-state index contributed by atoms with van der Waals surface area (Å²) in [6, 6.07) is 3.56. The van der Waals surface area contributed by atoms with Crippen LogP contribution in [0.4, 0.5) is 5.69 Å². The molecule has 0 radical (unpaired) electrons. The van der Waals surface area contributed by atoms with Gasteiger partial charge in [-0.1, -0.05) is 6.42 Å². The Morgan fingerprint density at radius 3 is 2.74 bits per heavy atom. The molecule has 1 aromatic rings. The number of pyridine rings is 1. The van der Waals surface area contributed by atoms with Gasteiger partial charge in [-0.25, -0.2) is 0 Å². The van der Waals surface area contributed by atoms with Crippen LogP contribution in [0.1, 0.15) is 26.2 Å². The maximum Gasteiger partial charge on any atom is 0.240 e. The number of aromatic nitrogens is 1. The molecule has 2 heterocycles. The van der Waals surface area contributed by atoms with E-state index in [0.717, 1.165) is 6.54 Å². The molecule has 19 heavy (non-hydrogen) atoms. The van der Waals surface area contributed by atoms with Crippen molar-refractivity contribution in [2.45, 2.75) is 26.2 Å². The molecule has 0 aliphatic carbocycles. The van der Waals surface area contributed by atoms with Crippen molar-refractivity contribution in [1.29, 1.82) is 0 Å². The Bertz CT molecular complexity index is 392. The van der Waals surface area contributed by atoms with E-state index in [1.807, 2.05) is 6.92 Å². The van der Waals surface area contributed by atoms with Crippen LogP contribution < -0.4 is 15.2 Å². The summed E-state index contributed by atoms with van der Waals surface area (Å²) in [5, 5.41) is 0. The molecule has 0 unspecified atom stereocenters. The summed E-state index contributed by atoms with van der Waals surface area (Å²) in [6.45, 7) is 6.43. The van der Waals surface area contributed by atoms with Crippen LogP contribution >= 0.6 is 0 Å². The first-order valence-electron chi connectivity index (χ1n) is 7.04. The highest BCUT2D eigenvalue weighted by Crippen LogP contribution is 2.22. The summed E-state index contributed by atoms with van der Waals surface area (Å²) >= 11 is 0. The SMILES string of the molecule is CCOc1nc(OCCN2CCCCC2)ccc1N. The summed E-state index contributed by atoms with van der Waals surface area (Å²) in [5.74, 6) is 1.03. The molecule has 1 aliphatic heterocycles. The summed E-state index contributed by atoms with van der Waals surface area (Å²) in [6.07, 6.45) is 3.96. The number of likely N-dealkylation sites (tertiary alicyclic amines) is 1. The zero-order valence-electron chi connectivity index (χ0n) is 11.6. The number of anilines is 1. The van der Waals surface area contributed by atoms with Gasteiger partial charge < -0.3 is 15.2 Å². The first-order valence-corrected chi connectivity index (χ1v) is 7.04. The molecule has 1 aromatic heterocycles. The van der Waals surface area contributed by atoms with Gasteiger partial charge in [0.15, 0.2) is 0 Å². The lowest BCUT2D eigenvalue weighted by atomic mass is 10.1. The van der Waals surface area contributed by atoms with Crippen molar-refractivity contribution in [2.24, 2.45) is 0 Å². The molecular weight excluding hydrogens is 242 g/mol. The molecule has 1 aliphatic rings. The smallest absolute Gasteiger partial charge is 0.240 e. The van der Waals surface area contributed by atoms with E-state index in [0.29, 0.717) is 30.7 Å². The number of rotatable bonds is 6. The summed E-state index contributed by atoms with van der Waals surface area (Å²) < 4.78 is 11.0. The minimum Gasteiger partial charge on any atom is -0.476 e. The average Bonchev–Trinajstić information content (AvgIpc) is 2.44. The van der Waals surface area contributed by atoms with Gasteiger partial charge in [-0.2, -0.15) is 4.98 Å². The average molecular weight is 265 g/mol. The van der Waals surface area contributed by atoms with Crippen LogP contribution in [0.15, 0.2) is 12.1 Å². The van der Waals surface area contributed by atoms with Crippen molar-refractivity contribution in [3.63, 3.8) is 0 Å². The van der Waals surface area contributed by atoms with E-state index < -0.39 is 0 Å². The van der Waals surface area contributed by atoms with Crippen LogP contribution in [0.3, 0.4) is 0 Å². The van der Waals surface area contributed by atoms with Crippen molar-refractivity contribution in [3.05, 3.63) is 12.1 Å². The molecule has 0 amide bonds. The predicted molar refractivity (Wildman–Crippen MR) is 75.6 cm³/mol. The molecule has 1 fully saturated rings. The zero-order chi connectivity index (χ0) is 13.5. The molecular formula is C14H23N3O2. The topological polar surface area (TPSA) is 60.6 Å². The second-order valence-corrected chi connectivity index (χ2v) is 4.73. The van der Waals surface area contributed by atoms with Crippen molar-refractivity contribution < 1.29 is 9.47 Å². The third-order valence-corrected chi connectivity index (χ3v) is 3.25. The lowest BCUT2D eigenvalue weighted by Crippen LogP contribution is -2.33. The van der Waals surface area contributed by atoms with E-state index in [9.17, 15) is 0 Å². The number of nitrogens with zero attached hydrogens (tertiary/aromatic N) is 2. The lowest BCUT2D eigenvalue weighted by Gasteiger charge is -2.26. The Morgan fingerprint density at radius 2 is 2.00 bits per heavy atom. The van der Waals surface area contributed by atoms with Gasteiger partial charge in [0.1, 0.15) is 6.61 Å². The van der Waals surface area contributed by atoms with Crippen molar-refractivity contribution in [1.82, 2.24) is 9.88 Å². The number of ether oxygens (including phenoxy) is 2. The highest BCUT2D eigenvalue weighted by Gasteiger charge is 2.10. The van der Waals surface area contributed by atoms with Gasteiger partial charge in [0, 0.05) is 12.6 Å². The van der Waals surface area contributed by atoms with Crippen LogP contribution in [0.2, 0.25) is 0 Å². The Labute approximate surface area is 114 Å². The highest BCUT2D eigenvalue weighted by molar-refractivity contribution is 5.49. The van der Waals surface area contributed by atoms with Crippen molar-refractivity contribution in [2.75, 3.05) is 38.6 Å². The predicted octanol–water partition coefficient (Wildman–Crippen LogP) is 1.93. The second-order valence-electron chi connectivity index (χ2n) is 4.73. The van der Waals surface area contributed by atoms with E-state index in [1.54, 1.807) is 12.1 Å². The number of nitrogen functional groups attached to an aromatic ring is 1. The molecule has 2 rings (SSSR count). The third-order valence-electron chi connectivity index (χ3n) is 3.25. The minimum absolute atomic E-state index is 0.456. The molecule has 0 aromatic carbocycles. The molecule has 0 atom stereocenters. The van der Waals surface area contributed by atoms with Gasteiger partial charge >= 0.3 is 0 Å². The number of piperidine rings is 1. The first kappa shape index (κ1) is 13.9. The normalized spacial score (nSPS) is 16.3. The number of nitrogens with two attached hydrogens (primary N) is 1. The van der Waals surface area contributed by atoms with E-state index in [4.69, 9.17) is 15.2 Å². The van der Waals surface area contributed by atoms with Gasteiger partial charge in [0.05, 0.1) is 12.3 Å². The van der Waals surface area contributed by atoms with Crippen LogP contribution in [-0.4, -0.2) is 42.7 Å². The van der Waals surface area contributed by atoms with Crippen LogP contribution in [0.25, 0.3) is 0 Å². The summed E-state index contributed by atoms with van der Waals surface area (Å²) in [5.41, 5.74) is 6.32. The molecule has 5 heteroatoms. The highest BCUT2D eigenvalue weighted by atomic mass is 16.5. The van der Waals surface area contributed by atoms with Gasteiger partial charge in [-0.15, -0.1) is 0 Å². The lowest BCUT2D eigenvalue weighted by molar-refractivity contribution is 0.179. The molecule has 1 saturated heterocycles. The van der Waals surface area contributed by atoms with Crippen LogP contribution in [-0.2, 0) is 0 Å². The fourth-order valence-electron chi connectivity index (χ4n) is 2.23. The summed E-state index contributed by atoms with van der Waals surface area (Å²) in [4.78, 5) is 6.69. The number of hydrogen-bond acceptors (Lipinski definition) is 5. The molecule has 5 nitrogen and oxygen atoms in total. The Hall–Kier alpha value is -1.49. The fraction of sp³-hybridized carbons (Fsp3) is 0.643. The molecule has 0 saturated carbocycles. The monoisotopic (exact) mass is 265 g/mol. The Kier molecular flexibility index (Phi) is 5.27. The summed E-state index contributed by atoms with van der Waals surface area (Å²) in [7, 11) is 0. The minimum atomic E-state index is 0.456. The van der Waals surface area contributed by atoms with Gasteiger partial charge in [0.2, 0.25) is 11.8 Å². The van der Waals surface area contributed by atoms with Crippen LogP contribution in [0, 0.1) is 0 Å². The standard InChI is InChI=1S/C14H23N3O2/c1-2-18-14-12(15)6-7-13(16-14)19-11-10-17-8-4-3-5-9-17/h6-7H,2-5,8-11,15H2,1H3.